The van der Waals surface area contributed by atoms with Crippen LogP contribution >= 0.6 is 0 Å². The normalized spacial score (nSPS) is 10.9. The zero-order valence-electron chi connectivity index (χ0n) is 69.5. The first-order valence-corrected chi connectivity index (χ1v) is 37.8. The van der Waals surface area contributed by atoms with Crippen molar-refractivity contribution in [3.8, 4) is 0 Å². The van der Waals surface area contributed by atoms with E-state index < -0.39 is 14.8 Å². The van der Waals surface area contributed by atoms with Gasteiger partial charge in [-0.25, -0.2) is 24.0 Å². The Hall–Kier alpha value is -8.63. The van der Waals surface area contributed by atoms with Crippen LogP contribution in [0.1, 0.15) is 167 Å². The molecule has 5 aromatic carbocycles. The molecule has 0 fully saturated rings. The van der Waals surface area contributed by atoms with Crippen molar-refractivity contribution in [3.63, 3.8) is 0 Å². The Morgan fingerprint density at radius 3 is 0.611 bits per heavy atom. The predicted octanol–water partition coefficient (Wildman–Crippen LogP) is 13.3. The molecule has 108 heavy (non-hydrogen) atoms. The Bertz CT molecular complexity index is 2900. The van der Waals surface area contributed by atoms with E-state index in [0.29, 0.717) is 60.9 Å². The summed E-state index contributed by atoms with van der Waals surface area (Å²) in [6, 6.07) is 45.8. The minimum absolute atomic E-state index is 0.211. The predicted molar refractivity (Wildman–Crippen MR) is 432 cm³/mol. The van der Waals surface area contributed by atoms with Crippen LogP contribution in [-0.4, -0.2) is 278 Å². The van der Waals surface area contributed by atoms with E-state index in [9.17, 15) is 24.0 Å². The van der Waals surface area contributed by atoms with Crippen molar-refractivity contribution in [2.45, 2.75) is 115 Å². The third-order valence-corrected chi connectivity index (χ3v) is 17.7. The molecule has 26 nitrogen and oxygen atoms in total. The van der Waals surface area contributed by atoms with Crippen molar-refractivity contribution in [1.29, 1.82) is 0 Å². The Morgan fingerprint density at radius 1 is 0.287 bits per heavy atom. The molecule has 0 aliphatic rings. The molecule has 0 radical (unpaired) electrons. The number of unbranched alkanes of at least 4 members (excludes halogenated alkanes) is 1. The monoisotopic (exact) mass is 1530 g/mol. The second-order valence-corrected chi connectivity index (χ2v) is 25.9. The molecule has 0 aromatic heterocycles. The van der Waals surface area contributed by atoms with Gasteiger partial charge in [0.15, 0.2) is 21.1 Å². The van der Waals surface area contributed by atoms with Crippen LogP contribution < -0.4 is 0 Å². The first-order chi connectivity index (χ1) is 51.4. The zero-order chi connectivity index (χ0) is 83.3. The third kappa shape index (κ3) is 55.7. The number of carbonyl (C=O) groups excluding carboxylic acids is 5. The third-order valence-electron chi connectivity index (χ3n) is 17.7. The number of carbonyl (C=O) groups is 5. The first-order valence-electron chi connectivity index (χ1n) is 37.8. The number of aliphatic hydroxyl groups is 2. The lowest BCUT2D eigenvalue weighted by molar-refractivity contribution is -0.926. The van der Waals surface area contributed by atoms with Crippen LogP contribution in [-0.2, 0) is 23.7 Å². The highest BCUT2D eigenvalue weighted by atomic mass is 16.6. The summed E-state index contributed by atoms with van der Waals surface area (Å²) in [5.74, 6) is -1.12. The highest BCUT2D eigenvalue weighted by Crippen LogP contribution is 2.15. The van der Waals surface area contributed by atoms with Crippen LogP contribution in [0, 0.1) is 30.3 Å². The standard InChI is InChI=1S/C18H30NO2.C17H28NO2.2C15H24NO2.C12H18NO2.3CH3NO2.2CH4O/c1-4-7-14-19(6-3,13-5-2)15-16-21-18(20)17-11-9-8-10-12-17;1-4-12-18(6-3,13-5-2)14-15-20-17(19)16-10-8-7-9-11-16;2*1-4-16(5-2,6-3)12-13-18-15(17)14-10-8-7-9-11-14;1-13(2,3)9-10-15-12(14)11-7-5-4-6-8-11;3*1-2(3)4;2*1-2/h8-12H,4-7,13-16H2,1-3H3;7-11H,4-6,12-15H2,1-3H3;2*7-11H,4-6,12-13H2,1-3H3;4-8H,9-10H2,1-3H3;3*1H3;2*2H,1H3/q5*+1;;;;;. The number of rotatable bonds is 37. The molecule has 0 heterocycles. The van der Waals surface area contributed by atoms with Gasteiger partial charge in [0, 0.05) is 29.0 Å². The second-order valence-electron chi connectivity index (χ2n) is 25.9. The maximum absolute atomic E-state index is 12.0. The molecule has 0 saturated carbocycles. The van der Waals surface area contributed by atoms with Gasteiger partial charge < -0.3 is 56.3 Å². The summed E-state index contributed by atoms with van der Waals surface area (Å²) in [6.45, 7) is 46.7. The molecule has 1 atom stereocenters. The van der Waals surface area contributed by atoms with Gasteiger partial charge in [0.25, 0.3) is 0 Å². The number of aliphatic hydroxyl groups excluding tert-OH is 2. The molecule has 5 rings (SSSR count). The molecule has 612 valence electrons. The van der Waals surface area contributed by atoms with Gasteiger partial charge in [-0.1, -0.05) is 125 Å². The quantitative estimate of drug-likeness (QED) is 0.0123. The summed E-state index contributed by atoms with van der Waals surface area (Å²) in [5, 5.41) is 40.4. The lowest BCUT2D eigenvalue weighted by atomic mass is 10.2. The number of esters is 5. The van der Waals surface area contributed by atoms with Crippen LogP contribution in [0.25, 0.3) is 0 Å². The Labute approximate surface area is 647 Å². The molecular formula is C82H141N8O18+5. The van der Waals surface area contributed by atoms with Crippen molar-refractivity contribution in [2.24, 2.45) is 0 Å². The molecule has 0 saturated heterocycles. The van der Waals surface area contributed by atoms with Gasteiger partial charge in [-0.2, -0.15) is 0 Å². The van der Waals surface area contributed by atoms with E-state index >= 15 is 0 Å². The Morgan fingerprint density at radius 2 is 0.454 bits per heavy atom. The van der Waals surface area contributed by atoms with Gasteiger partial charge in [0.2, 0.25) is 0 Å². The van der Waals surface area contributed by atoms with Gasteiger partial charge in [-0.3, -0.25) is 30.3 Å². The van der Waals surface area contributed by atoms with Gasteiger partial charge >= 0.3 is 29.8 Å². The number of quaternary nitrogens is 5. The van der Waals surface area contributed by atoms with E-state index in [1.807, 2.05) is 91.0 Å². The van der Waals surface area contributed by atoms with Crippen molar-refractivity contribution < 1.29 is 95.1 Å². The summed E-state index contributed by atoms with van der Waals surface area (Å²) >= 11 is 0. The topological polar surface area (TPSA) is 301 Å². The summed E-state index contributed by atoms with van der Waals surface area (Å²) in [5.41, 5.74) is 3.13. The number of likely N-dealkylation sites (N-methyl/N-ethyl adjacent to an activating group) is 5. The van der Waals surface area contributed by atoms with E-state index in [-0.39, 0.29) is 29.8 Å². The average Bonchev–Trinajstić information content (AvgIpc) is 0.886. The van der Waals surface area contributed by atoms with Gasteiger partial charge in [0.05, 0.1) is 127 Å². The maximum Gasteiger partial charge on any atom is 0.338 e. The minimum atomic E-state index is -0.500. The van der Waals surface area contributed by atoms with E-state index in [4.69, 9.17) is 64.2 Å². The largest absolute Gasteiger partial charge is 0.456 e. The summed E-state index contributed by atoms with van der Waals surface area (Å²) in [6.07, 6.45) is 5.96. The molecule has 0 amide bonds. The van der Waals surface area contributed by atoms with Crippen LogP contribution in [0.2, 0.25) is 0 Å². The Kier molecular flexibility index (Phi) is 67.7. The molecule has 0 aliphatic heterocycles. The van der Waals surface area contributed by atoms with Crippen molar-refractivity contribution >= 4 is 29.8 Å². The van der Waals surface area contributed by atoms with Gasteiger partial charge in [-0.05, 0) is 142 Å². The molecule has 2 N–H and O–H groups in total. The van der Waals surface area contributed by atoms with E-state index in [1.165, 1.54) is 45.2 Å². The maximum atomic E-state index is 12.0. The lowest BCUT2D eigenvalue weighted by Crippen LogP contribution is -2.51. The fourth-order valence-corrected chi connectivity index (χ4v) is 10.9. The van der Waals surface area contributed by atoms with Crippen molar-refractivity contribution in [2.75, 3.05) is 201 Å². The molecule has 1 unspecified atom stereocenters. The van der Waals surface area contributed by atoms with Gasteiger partial charge in [-0.15, -0.1) is 0 Å². The number of benzene rings is 5. The highest BCUT2D eigenvalue weighted by molar-refractivity contribution is 5.91. The molecule has 0 aliphatic carbocycles. The van der Waals surface area contributed by atoms with Crippen LogP contribution in [0.15, 0.2) is 152 Å². The number of hydrogen-bond acceptors (Lipinski definition) is 18. The van der Waals surface area contributed by atoms with Crippen LogP contribution in [0.4, 0.5) is 0 Å². The molecule has 26 heteroatoms. The molecule has 0 bridgehead atoms. The van der Waals surface area contributed by atoms with E-state index in [2.05, 4.69) is 104 Å². The highest BCUT2D eigenvalue weighted by Gasteiger charge is 2.27. The second kappa shape index (κ2) is 67.7. The van der Waals surface area contributed by atoms with E-state index in [1.54, 1.807) is 60.7 Å². The van der Waals surface area contributed by atoms with Crippen molar-refractivity contribution in [3.05, 3.63) is 210 Å². The minimum Gasteiger partial charge on any atom is -0.456 e. The van der Waals surface area contributed by atoms with Crippen LogP contribution in [0.3, 0.4) is 0 Å². The van der Waals surface area contributed by atoms with E-state index in [0.717, 1.165) is 156 Å². The first kappa shape index (κ1) is 108. The molecular weight excluding hydrogens is 1380 g/mol. The lowest BCUT2D eigenvalue weighted by Gasteiger charge is -2.37. The summed E-state index contributed by atoms with van der Waals surface area (Å²) < 4.78 is 31.6. The number of hydrogen-bond donors (Lipinski definition) is 2. The molecule has 5 aromatic rings. The van der Waals surface area contributed by atoms with Gasteiger partial charge in [0.1, 0.15) is 65.8 Å². The fraction of sp³-hybridized carbons (Fsp3) is 0.573. The SMILES string of the molecule is CCCC[N+](CC)(CCC)CCOC(=O)c1ccccc1.CCC[N+](CC)(CCC)CCOC(=O)c1ccccc1.CC[N+](CC)(CC)CCOC(=O)c1ccccc1.CC[N+](CC)(CC)CCOC(=O)c1ccccc1.CO.CO.C[N+](=O)[O-].C[N+](=O)[O-].C[N+](=O)[O-].C[N+](C)(C)CCOC(=O)c1ccccc1. The average molecular weight is 1530 g/mol. The van der Waals surface area contributed by atoms with Crippen LogP contribution in [0.5, 0.6) is 0 Å². The summed E-state index contributed by atoms with van der Waals surface area (Å²) in [4.78, 5) is 83.8. The summed E-state index contributed by atoms with van der Waals surface area (Å²) in [7, 11) is 10.9. The number of ether oxygens (including phenoxy) is 5. The fourth-order valence-electron chi connectivity index (χ4n) is 10.9. The zero-order valence-corrected chi connectivity index (χ0v) is 69.5. The number of nitrogens with zero attached hydrogens (tertiary/aromatic N) is 8. The number of nitro groups is 3. The van der Waals surface area contributed by atoms with Crippen molar-refractivity contribution in [1.82, 2.24) is 0 Å². The smallest absolute Gasteiger partial charge is 0.338 e. The Balaban J connectivity index is -0.000000390. The molecule has 0 spiro atoms.